The number of carbonyl (C=O) groups is 1. The molecule has 8 nitrogen and oxygen atoms in total. The third kappa shape index (κ3) is 6.04. The van der Waals surface area contributed by atoms with Crippen LogP contribution in [-0.4, -0.2) is 45.8 Å². The second-order valence-electron chi connectivity index (χ2n) is 9.69. The van der Waals surface area contributed by atoms with Gasteiger partial charge in [0, 0.05) is 49.0 Å². The highest BCUT2D eigenvalue weighted by molar-refractivity contribution is 5.99. The minimum Gasteiger partial charge on any atom is -0.384 e. The van der Waals surface area contributed by atoms with Gasteiger partial charge < -0.3 is 16.0 Å². The molecule has 0 atom stereocenters. The van der Waals surface area contributed by atoms with E-state index >= 15 is 0 Å². The molecule has 1 fully saturated rings. The lowest BCUT2D eigenvalue weighted by molar-refractivity contribution is -0.137. The second-order valence-corrected chi connectivity index (χ2v) is 9.69. The van der Waals surface area contributed by atoms with E-state index in [0.717, 1.165) is 59.6 Å². The monoisotopic (exact) mass is 535 g/mol. The summed E-state index contributed by atoms with van der Waals surface area (Å²) in [6.07, 6.45) is 0.192. The maximum atomic E-state index is 13.9. The van der Waals surface area contributed by atoms with Crippen LogP contribution in [0.4, 0.5) is 35.3 Å². The number of carbonyl (C=O) groups excluding carboxylic acids is 1. The molecule has 4 aromatic rings. The van der Waals surface area contributed by atoms with Crippen molar-refractivity contribution in [1.82, 2.24) is 19.7 Å². The molecule has 4 N–H and O–H groups in total. The molecular weight excluding hydrogens is 507 g/mol. The Bertz CT molecular complexity index is 1570. The lowest BCUT2D eigenvalue weighted by atomic mass is 9.98. The smallest absolute Gasteiger partial charge is 0.384 e. The molecule has 2 aromatic carbocycles. The molecule has 0 spiro atoms. The number of fused-ring (bicyclic) bond motifs is 1. The van der Waals surface area contributed by atoms with Gasteiger partial charge in [0.2, 0.25) is 0 Å². The van der Waals surface area contributed by atoms with Gasteiger partial charge in [0.15, 0.2) is 5.82 Å². The fourth-order valence-corrected chi connectivity index (χ4v) is 4.67. The zero-order valence-corrected chi connectivity index (χ0v) is 21.5. The molecule has 0 unspecified atom stereocenters. The Labute approximate surface area is 223 Å². The molecule has 5 rings (SSSR count). The zero-order valence-electron chi connectivity index (χ0n) is 21.5. The van der Waals surface area contributed by atoms with Gasteiger partial charge in [-0.25, -0.2) is 9.78 Å². The average molecular weight is 536 g/mol. The first kappa shape index (κ1) is 26.2. The summed E-state index contributed by atoms with van der Waals surface area (Å²) in [5, 5.41) is 11.2. The van der Waals surface area contributed by atoms with Gasteiger partial charge in [-0.1, -0.05) is 29.8 Å². The Balaban J connectivity index is 1.32. The van der Waals surface area contributed by atoms with Crippen LogP contribution in [0.3, 0.4) is 0 Å². The number of aryl methyl sites for hydroxylation is 1. The first-order valence-electron chi connectivity index (χ1n) is 12.4. The van der Waals surface area contributed by atoms with Crippen molar-refractivity contribution in [3.8, 4) is 11.3 Å². The van der Waals surface area contributed by atoms with Crippen molar-refractivity contribution in [3.63, 3.8) is 0 Å². The van der Waals surface area contributed by atoms with E-state index in [2.05, 4.69) is 25.6 Å². The molecular formula is C28H28F3N7O. The largest absolute Gasteiger partial charge is 0.417 e. The number of hydrogen-bond donors (Lipinski definition) is 3. The number of hydrogen-bond acceptors (Lipinski definition) is 5. The quantitative estimate of drug-likeness (QED) is 0.298. The predicted molar refractivity (Wildman–Crippen MR) is 147 cm³/mol. The van der Waals surface area contributed by atoms with Gasteiger partial charge in [0.25, 0.3) is 0 Å². The number of amides is 2. The molecule has 0 radical (unpaired) electrons. The summed E-state index contributed by atoms with van der Waals surface area (Å²) in [6, 6.07) is 12.3. The molecule has 0 aliphatic carbocycles. The summed E-state index contributed by atoms with van der Waals surface area (Å²) in [4.78, 5) is 18.9. The zero-order chi connectivity index (χ0) is 27.7. The number of piperidine rings is 1. The summed E-state index contributed by atoms with van der Waals surface area (Å²) in [5.74, 6) is 0.680. The van der Waals surface area contributed by atoms with Crippen LogP contribution in [-0.2, 0) is 13.2 Å². The van der Waals surface area contributed by atoms with Crippen LogP contribution in [0.25, 0.3) is 28.1 Å². The number of halogens is 3. The number of alkyl halides is 3. The van der Waals surface area contributed by atoms with E-state index < -0.39 is 17.8 Å². The average Bonchev–Trinajstić information content (AvgIpc) is 3.24. The SMILES string of the molecule is CN1CCC(=Cc2ccc(NC(=O)Nc3cc(-c4ccc5cc(N)ncc5c4)n(C)n3)cc2C(F)(F)F)CC1. The van der Waals surface area contributed by atoms with Crippen molar-refractivity contribution in [3.05, 3.63) is 71.4 Å². The molecule has 11 heteroatoms. The first-order valence-corrected chi connectivity index (χ1v) is 12.4. The van der Waals surface area contributed by atoms with Gasteiger partial charge in [0.1, 0.15) is 5.82 Å². The molecule has 3 heterocycles. The minimum atomic E-state index is -4.57. The first-order chi connectivity index (χ1) is 18.5. The van der Waals surface area contributed by atoms with Crippen LogP contribution in [0.5, 0.6) is 0 Å². The van der Waals surface area contributed by atoms with Crippen LogP contribution in [0.15, 0.2) is 60.3 Å². The second kappa shape index (κ2) is 10.4. The van der Waals surface area contributed by atoms with Crippen LogP contribution in [0.1, 0.15) is 24.0 Å². The minimum absolute atomic E-state index is 0.0304. The number of nitrogens with zero attached hydrogens (tertiary/aromatic N) is 4. The number of rotatable bonds is 4. The normalized spacial score (nSPS) is 14.4. The third-order valence-electron chi connectivity index (χ3n) is 6.77. The van der Waals surface area contributed by atoms with E-state index in [0.29, 0.717) is 5.82 Å². The topological polar surface area (TPSA) is 101 Å². The molecule has 1 saturated heterocycles. The summed E-state index contributed by atoms with van der Waals surface area (Å²) in [7, 11) is 3.73. The van der Waals surface area contributed by atoms with Crippen LogP contribution in [0, 0.1) is 0 Å². The molecule has 1 aliphatic heterocycles. The van der Waals surface area contributed by atoms with Gasteiger partial charge in [-0.2, -0.15) is 18.3 Å². The van der Waals surface area contributed by atoms with Crippen LogP contribution in [0.2, 0.25) is 0 Å². The Morgan fingerprint density at radius 3 is 2.51 bits per heavy atom. The summed E-state index contributed by atoms with van der Waals surface area (Å²) in [5.41, 5.74) is 7.64. The predicted octanol–water partition coefficient (Wildman–Crippen LogP) is 5.99. The van der Waals surface area contributed by atoms with Gasteiger partial charge in [-0.15, -0.1) is 0 Å². The number of urea groups is 1. The van der Waals surface area contributed by atoms with Gasteiger partial charge in [0.05, 0.1) is 11.3 Å². The fraction of sp³-hybridized carbons (Fsp3) is 0.250. The number of pyridine rings is 1. The Morgan fingerprint density at radius 2 is 1.77 bits per heavy atom. The number of aromatic nitrogens is 3. The van der Waals surface area contributed by atoms with Gasteiger partial charge in [-0.3, -0.25) is 10.00 Å². The summed E-state index contributed by atoms with van der Waals surface area (Å²) >= 11 is 0. The fourth-order valence-electron chi connectivity index (χ4n) is 4.67. The van der Waals surface area contributed by atoms with Crippen molar-refractivity contribution in [2.24, 2.45) is 7.05 Å². The Kier molecular flexibility index (Phi) is 7.00. The van der Waals surface area contributed by atoms with Crippen molar-refractivity contribution >= 4 is 40.2 Å². The molecule has 202 valence electrons. The molecule has 39 heavy (non-hydrogen) atoms. The third-order valence-corrected chi connectivity index (χ3v) is 6.77. The molecule has 2 amide bonds. The highest BCUT2D eigenvalue weighted by Crippen LogP contribution is 2.36. The number of benzene rings is 2. The van der Waals surface area contributed by atoms with Crippen molar-refractivity contribution in [1.29, 1.82) is 0 Å². The number of likely N-dealkylation sites (tertiary alicyclic amines) is 1. The molecule has 0 bridgehead atoms. The lowest BCUT2D eigenvalue weighted by Gasteiger charge is -2.24. The summed E-state index contributed by atoms with van der Waals surface area (Å²) < 4.78 is 43.2. The Morgan fingerprint density at radius 1 is 1.00 bits per heavy atom. The number of nitrogens with one attached hydrogen (secondary N) is 2. The number of anilines is 3. The van der Waals surface area contributed by atoms with E-state index in [9.17, 15) is 18.0 Å². The standard InChI is InChI=1S/C28H28F3N7O/c1-37-9-7-17(8-10-37)11-19-5-6-22(14-23(19)28(29,30)31)34-27(39)35-26-15-24(38(2)36-26)20-4-3-18-13-25(32)33-16-21(18)12-20/h3-6,11-16H,7-10H2,1-2H3,(H2,32,33)(H2,34,35,36,39). The molecule has 2 aromatic heterocycles. The van der Waals surface area contributed by atoms with Gasteiger partial charge in [-0.05, 0) is 55.1 Å². The van der Waals surface area contributed by atoms with Crippen molar-refractivity contribution in [2.75, 3.05) is 36.5 Å². The number of nitrogens with two attached hydrogens (primary N) is 1. The summed E-state index contributed by atoms with van der Waals surface area (Å²) in [6.45, 7) is 1.63. The van der Waals surface area contributed by atoms with E-state index in [1.165, 1.54) is 12.1 Å². The van der Waals surface area contributed by atoms with E-state index in [4.69, 9.17) is 5.73 Å². The molecule has 1 aliphatic rings. The van der Waals surface area contributed by atoms with Crippen molar-refractivity contribution in [2.45, 2.75) is 19.0 Å². The highest BCUT2D eigenvalue weighted by atomic mass is 19.4. The van der Waals surface area contributed by atoms with Crippen LogP contribution < -0.4 is 16.4 Å². The van der Waals surface area contributed by atoms with E-state index in [1.54, 1.807) is 36.1 Å². The van der Waals surface area contributed by atoms with E-state index in [-0.39, 0.29) is 17.1 Å². The molecule has 0 saturated carbocycles. The van der Waals surface area contributed by atoms with Gasteiger partial charge >= 0.3 is 12.2 Å². The lowest BCUT2D eigenvalue weighted by Crippen LogP contribution is -2.26. The number of nitrogen functional groups attached to an aromatic ring is 1. The Hall–Kier alpha value is -4.38. The van der Waals surface area contributed by atoms with E-state index in [1.807, 2.05) is 25.2 Å². The maximum Gasteiger partial charge on any atom is 0.417 e. The maximum absolute atomic E-state index is 13.9. The highest BCUT2D eigenvalue weighted by Gasteiger charge is 2.33. The van der Waals surface area contributed by atoms with Crippen LogP contribution >= 0.6 is 0 Å². The van der Waals surface area contributed by atoms with Crippen molar-refractivity contribution < 1.29 is 18.0 Å².